The summed E-state index contributed by atoms with van der Waals surface area (Å²) in [5.74, 6) is -0.318. The third-order valence-electron chi connectivity index (χ3n) is 3.00. The summed E-state index contributed by atoms with van der Waals surface area (Å²) in [4.78, 5) is 22.7. The summed E-state index contributed by atoms with van der Waals surface area (Å²) in [7, 11) is -3.76. The highest BCUT2D eigenvalue weighted by atomic mass is 32.2. The standard InChI is InChI=1S/C15H13NO6S/c1-23(20,21)22-10-13-9-12(7-8-14(13)16(18)19)15(17)11-5-3-2-4-6-11/h2-9H,10H2,1H3. The highest BCUT2D eigenvalue weighted by Gasteiger charge is 2.19. The van der Waals surface area contributed by atoms with Crippen molar-refractivity contribution in [1.29, 1.82) is 0 Å². The number of nitrogens with zero attached hydrogens (tertiary/aromatic N) is 1. The molecule has 0 aromatic heterocycles. The fourth-order valence-electron chi connectivity index (χ4n) is 1.95. The predicted octanol–water partition coefficient (Wildman–Crippen LogP) is 2.30. The van der Waals surface area contributed by atoms with Crippen LogP contribution in [0.25, 0.3) is 0 Å². The summed E-state index contributed by atoms with van der Waals surface area (Å²) in [6.45, 7) is -0.509. The Labute approximate surface area is 132 Å². The van der Waals surface area contributed by atoms with Gasteiger partial charge in [0.1, 0.15) is 0 Å². The lowest BCUT2D eigenvalue weighted by molar-refractivity contribution is -0.385. The van der Waals surface area contributed by atoms with E-state index < -0.39 is 21.6 Å². The quantitative estimate of drug-likeness (QED) is 0.347. The molecule has 0 heterocycles. The van der Waals surface area contributed by atoms with E-state index in [0.717, 1.165) is 12.3 Å². The molecule has 2 aromatic rings. The maximum Gasteiger partial charge on any atom is 0.275 e. The van der Waals surface area contributed by atoms with E-state index in [9.17, 15) is 23.3 Å². The number of hydrogen-bond donors (Lipinski definition) is 0. The molecule has 0 unspecified atom stereocenters. The Morgan fingerprint density at radius 1 is 1.13 bits per heavy atom. The zero-order valence-corrected chi connectivity index (χ0v) is 12.9. The van der Waals surface area contributed by atoms with Gasteiger partial charge in [0.25, 0.3) is 15.8 Å². The zero-order valence-electron chi connectivity index (χ0n) is 12.1. The lowest BCUT2D eigenvalue weighted by Gasteiger charge is -2.06. The molecule has 0 saturated heterocycles. The molecule has 7 nitrogen and oxygen atoms in total. The summed E-state index contributed by atoms with van der Waals surface area (Å²) in [5, 5.41) is 11.0. The van der Waals surface area contributed by atoms with Gasteiger partial charge in [0, 0.05) is 17.2 Å². The number of ketones is 1. The zero-order chi connectivity index (χ0) is 17.0. The second kappa shape index (κ2) is 6.67. The van der Waals surface area contributed by atoms with Crippen LogP contribution in [0.4, 0.5) is 5.69 Å². The van der Waals surface area contributed by atoms with Crippen LogP contribution in [0.2, 0.25) is 0 Å². The normalized spacial score (nSPS) is 11.2. The minimum atomic E-state index is -3.76. The van der Waals surface area contributed by atoms with Crippen LogP contribution in [-0.2, 0) is 20.9 Å². The lowest BCUT2D eigenvalue weighted by Crippen LogP contribution is -2.07. The van der Waals surface area contributed by atoms with E-state index in [-0.39, 0.29) is 22.6 Å². The van der Waals surface area contributed by atoms with E-state index in [1.165, 1.54) is 12.1 Å². The fourth-order valence-corrected chi connectivity index (χ4v) is 2.29. The SMILES string of the molecule is CS(=O)(=O)OCc1cc(C(=O)c2ccccc2)ccc1[N+](=O)[O-]. The van der Waals surface area contributed by atoms with E-state index in [0.29, 0.717) is 5.56 Å². The van der Waals surface area contributed by atoms with Gasteiger partial charge in [0.05, 0.1) is 23.3 Å². The fraction of sp³-hybridized carbons (Fsp3) is 0.133. The van der Waals surface area contributed by atoms with E-state index in [4.69, 9.17) is 0 Å². The Morgan fingerprint density at radius 2 is 1.78 bits per heavy atom. The Bertz CT molecular complexity index is 846. The molecule has 0 N–H and O–H groups in total. The van der Waals surface area contributed by atoms with Crippen molar-refractivity contribution >= 4 is 21.6 Å². The third-order valence-corrected chi connectivity index (χ3v) is 3.55. The molecular formula is C15H13NO6S. The van der Waals surface area contributed by atoms with Crippen molar-refractivity contribution in [1.82, 2.24) is 0 Å². The summed E-state index contributed by atoms with van der Waals surface area (Å²) in [6, 6.07) is 12.2. The van der Waals surface area contributed by atoms with Gasteiger partial charge in [-0.05, 0) is 12.1 Å². The van der Waals surface area contributed by atoms with Gasteiger partial charge in [-0.15, -0.1) is 0 Å². The Kier molecular flexibility index (Phi) is 4.87. The number of carbonyl (C=O) groups excluding carboxylic acids is 1. The number of rotatable bonds is 6. The molecule has 2 rings (SSSR count). The second-order valence-corrected chi connectivity index (χ2v) is 6.41. The van der Waals surface area contributed by atoms with Crippen molar-refractivity contribution in [2.24, 2.45) is 0 Å². The van der Waals surface area contributed by atoms with Crippen molar-refractivity contribution in [2.75, 3.05) is 6.26 Å². The van der Waals surface area contributed by atoms with E-state index in [2.05, 4.69) is 4.18 Å². The minimum absolute atomic E-state index is 0.0159. The van der Waals surface area contributed by atoms with Crippen LogP contribution >= 0.6 is 0 Å². The van der Waals surface area contributed by atoms with Crippen molar-refractivity contribution < 1.29 is 22.3 Å². The van der Waals surface area contributed by atoms with Gasteiger partial charge < -0.3 is 0 Å². The molecule has 0 amide bonds. The lowest BCUT2D eigenvalue weighted by atomic mass is 10.0. The molecule has 0 saturated carbocycles. The monoisotopic (exact) mass is 335 g/mol. The molecule has 0 aliphatic carbocycles. The molecule has 0 spiro atoms. The summed E-state index contributed by atoms with van der Waals surface area (Å²) < 4.78 is 26.7. The molecule has 120 valence electrons. The summed E-state index contributed by atoms with van der Waals surface area (Å²) >= 11 is 0. The number of carbonyl (C=O) groups is 1. The molecule has 0 atom stereocenters. The first-order valence-corrected chi connectivity index (χ1v) is 8.31. The highest BCUT2D eigenvalue weighted by molar-refractivity contribution is 7.85. The van der Waals surface area contributed by atoms with E-state index >= 15 is 0 Å². The molecule has 2 aromatic carbocycles. The first-order chi connectivity index (χ1) is 10.8. The first kappa shape index (κ1) is 16.8. The number of nitro benzene ring substituents is 1. The smallest absolute Gasteiger partial charge is 0.275 e. The molecule has 0 aliphatic heterocycles. The molecule has 23 heavy (non-hydrogen) atoms. The van der Waals surface area contributed by atoms with Crippen LogP contribution in [0.15, 0.2) is 48.5 Å². The third kappa shape index (κ3) is 4.44. The van der Waals surface area contributed by atoms with Gasteiger partial charge in [-0.2, -0.15) is 8.42 Å². The Balaban J connectivity index is 2.39. The van der Waals surface area contributed by atoms with Gasteiger partial charge in [-0.1, -0.05) is 30.3 Å². The minimum Gasteiger partial charge on any atom is -0.289 e. The Hall–Kier alpha value is -2.58. The molecule has 0 radical (unpaired) electrons. The molecular weight excluding hydrogens is 322 g/mol. The van der Waals surface area contributed by atoms with Crippen LogP contribution in [0, 0.1) is 10.1 Å². The van der Waals surface area contributed by atoms with Gasteiger partial charge in [0.15, 0.2) is 5.78 Å². The van der Waals surface area contributed by atoms with Crippen LogP contribution in [0.3, 0.4) is 0 Å². The topological polar surface area (TPSA) is 104 Å². The van der Waals surface area contributed by atoms with Crippen LogP contribution in [-0.4, -0.2) is 25.4 Å². The first-order valence-electron chi connectivity index (χ1n) is 6.49. The maximum atomic E-state index is 12.4. The summed E-state index contributed by atoms with van der Waals surface area (Å²) in [6.07, 6.45) is 0.845. The van der Waals surface area contributed by atoms with E-state index in [1.54, 1.807) is 30.3 Å². The largest absolute Gasteiger partial charge is 0.289 e. The molecule has 0 fully saturated rings. The van der Waals surface area contributed by atoms with Gasteiger partial charge in [-0.3, -0.25) is 19.1 Å². The maximum absolute atomic E-state index is 12.4. The average Bonchev–Trinajstić information content (AvgIpc) is 2.52. The molecule has 8 heteroatoms. The van der Waals surface area contributed by atoms with Crippen molar-refractivity contribution in [3.8, 4) is 0 Å². The van der Waals surface area contributed by atoms with Crippen molar-refractivity contribution in [3.05, 3.63) is 75.3 Å². The number of nitro groups is 1. The van der Waals surface area contributed by atoms with Crippen LogP contribution in [0.1, 0.15) is 21.5 Å². The predicted molar refractivity (Wildman–Crippen MR) is 82.6 cm³/mol. The van der Waals surface area contributed by atoms with Crippen LogP contribution in [0.5, 0.6) is 0 Å². The molecule has 0 bridgehead atoms. The van der Waals surface area contributed by atoms with Crippen molar-refractivity contribution in [3.63, 3.8) is 0 Å². The second-order valence-electron chi connectivity index (χ2n) is 4.76. The van der Waals surface area contributed by atoms with Crippen LogP contribution < -0.4 is 0 Å². The average molecular weight is 335 g/mol. The number of benzene rings is 2. The van der Waals surface area contributed by atoms with Crippen molar-refractivity contribution in [2.45, 2.75) is 6.61 Å². The van der Waals surface area contributed by atoms with E-state index in [1.807, 2.05) is 0 Å². The summed E-state index contributed by atoms with van der Waals surface area (Å²) in [5.41, 5.74) is 0.353. The van der Waals surface area contributed by atoms with Gasteiger partial charge in [-0.25, -0.2) is 0 Å². The van der Waals surface area contributed by atoms with Gasteiger partial charge >= 0.3 is 0 Å². The highest BCUT2D eigenvalue weighted by Crippen LogP contribution is 2.23. The Morgan fingerprint density at radius 3 is 2.35 bits per heavy atom. The molecule has 0 aliphatic rings. The van der Waals surface area contributed by atoms with Gasteiger partial charge in [0.2, 0.25) is 0 Å². The number of hydrogen-bond acceptors (Lipinski definition) is 6.